The molecule has 4 rings (SSSR count). The number of aromatic nitrogens is 1. The van der Waals surface area contributed by atoms with Crippen molar-refractivity contribution in [3.63, 3.8) is 0 Å². The first-order valence-electron chi connectivity index (χ1n) is 8.35. The Balaban J connectivity index is 1.47. The van der Waals surface area contributed by atoms with Gasteiger partial charge in [0.1, 0.15) is 11.6 Å². The van der Waals surface area contributed by atoms with Crippen LogP contribution in [0.25, 0.3) is 0 Å². The summed E-state index contributed by atoms with van der Waals surface area (Å²) in [5.41, 5.74) is 2.92. The second-order valence-corrected chi connectivity index (χ2v) is 7.77. The minimum absolute atomic E-state index is 0.0384. The van der Waals surface area contributed by atoms with Crippen LogP contribution in [0.4, 0.5) is 10.2 Å². The second kappa shape index (κ2) is 6.55. The van der Waals surface area contributed by atoms with Crippen LogP contribution >= 0.6 is 22.6 Å². The SMILES string of the molecule is COC(=O)[C@H]1C[C@@H]1c1ccc(N[C@@H]2CCc3c(I)ccc(F)c32)nc1. The van der Waals surface area contributed by atoms with Crippen LogP contribution in [0.3, 0.4) is 0 Å². The second-order valence-electron chi connectivity index (χ2n) is 6.61. The number of esters is 1. The topological polar surface area (TPSA) is 51.2 Å². The molecule has 130 valence electrons. The highest BCUT2D eigenvalue weighted by Crippen LogP contribution is 2.48. The van der Waals surface area contributed by atoms with Crippen molar-refractivity contribution in [1.29, 1.82) is 0 Å². The Kier molecular flexibility index (Phi) is 4.39. The van der Waals surface area contributed by atoms with Crippen molar-refractivity contribution < 1.29 is 13.9 Å². The molecule has 4 nitrogen and oxygen atoms in total. The number of fused-ring (bicyclic) bond motifs is 1. The van der Waals surface area contributed by atoms with Gasteiger partial charge in [0.15, 0.2) is 0 Å². The van der Waals surface area contributed by atoms with Gasteiger partial charge in [-0.3, -0.25) is 4.79 Å². The van der Waals surface area contributed by atoms with E-state index in [1.807, 2.05) is 18.2 Å². The number of nitrogens with one attached hydrogen (secondary N) is 1. The van der Waals surface area contributed by atoms with E-state index in [0.29, 0.717) is 0 Å². The molecule has 2 aliphatic rings. The van der Waals surface area contributed by atoms with E-state index < -0.39 is 0 Å². The molecule has 1 heterocycles. The molecule has 2 aliphatic carbocycles. The number of halogens is 2. The van der Waals surface area contributed by atoms with Crippen LogP contribution in [0.2, 0.25) is 0 Å². The molecule has 0 radical (unpaired) electrons. The molecular formula is C19H18FIN2O2. The Morgan fingerprint density at radius 2 is 2.20 bits per heavy atom. The lowest BCUT2D eigenvalue weighted by molar-refractivity contribution is -0.142. The fourth-order valence-corrected chi connectivity index (χ4v) is 4.42. The van der Waals surface area contributed by atoms with Crippen LogP contribution in [0.15, 0.2) is 30.5 Å². The van der Waals surface area contributed by atoms with Gasteiger partial charge in [-0.25, -0.2) is 9.37 Å². The van der Waals surface area contributed by atoms with Crippen molar-refractivity contribution in [2.75, 3.05) is 12.4 Å². The van der Waals surface area contributed by atoms with Gasteiger partial charge in [-0.05, 0) is 77.1 Å². The third-order valence-corrected chi connectivity index (χ3v) is 6.12. The van der Waals surface area contributed by atoms with E-state index in [0.717, 1.165) is 45.3 Å². The summed E-state index contributed by atoms with van der Waals surface area (Å²) in [4.78, 5) is 16.0. The van der Waals surface area contributed by atoms with Gasteiger partial charge >= 0.3 is 5.97 Å². The van der Waals surface area contributed by atoms with E-state index >= 15 is 0 Å². The third-order valence-electron chi connectivity index (χ3n) is 5.11. The zero-order valence-electron chi connectivity index (χ0n) is 13.8. The maximum Gasteiger partial charge on any atom is 0.309 e. The van der Waals surface area contributed by atoms with E-state index in [2.05, 4.69) is 32.9 Å². The average molecular weight is 452 g/mol. The van der Waals surface area contributed by atoms with E-state index in [-0.39, 0.29) is 29.7 Å². The Morgan fingerprint density at radius 3 is 2.92 bits per heavy atom. The van der Waals surface area contributed by atoms with Gasteiger partial charge < -0.3 is 10.1 Å². The fraction of sp³-hybridized carbons (Fsp3) is 0.368. The lowest BCUT2D eigenvalue weighted by atomic mass is 10.1. The summed E-state index contributed by atoms with van der Waals surface area (Å²) < 4.78 is 20.1. The summed E-state index contributed by atoms with van der Waals surface area (Å²) in [6, 6.07) is 7.22. The Bertz CT molecular complexity index is 825. The number of rotatable bonds is 4. The summed E-state index contributed by atoms with van der Waals surface area (Å²) >= 11 is 2.26. The summed E-state index contributed by atoms with van der Waals surface area (Å²) in [5, 5.41) is 3.35. The monoisotopic (exact) mass is 452 g/mol. The maximum atomic E-state index is 14.2. The molecule has 0 unspecified atom stereocenters. The molecule has 1 N–H and O–H groups in total. The van der Waals surface area contributed by atoms with Crippen LogP contribution in [0.5, 0.6) is 0 Å². The lowest BCUT2D eigenvalue weighted by Gasteiger charge is -2.16. The predicted octanol–water partition coefficient (Wildman–Crippen LogP) is 4.20. The molecule has 0 spiro atoms. The average Bonchev–Trinajstić information content (AvgIpc) is 3.31. The summed E-state index contributed by atoms with van der Waals surface area (Å²) in [5.74, 6) is 0.597. The van der Waals surface area contributed by atoms with E-state index in [1.165, 1.54) is 13.2 Å². The molecule has 1 aromatic heterocycles. The number of anilines is 1. The molecule has 0 aliphatic heterocycles. The zero-order chi connectivity index (χ0) is 17.6. The number of methoxy groups -OCH3 is 1. The van der Waals surface area contributed by atoms with Crippen molar-refractivity contribution in [3.8, 4) is 0 Å². The standard InChI is InChI=1S/C19H18FIN2O2/c1-25-19(24)13-8-12(13)10-2-7-17(22-9-10)23-16-6-3-11-15(21)5-4-14(20)18(11)16/h2,4-5,7,9,12-13,16H,3,6,8H2,1H3,(H,22,23)/t12-,13+,16-/m1/s1. The largest absolute Gasteiger partial charge is 0.469 e. The number of nitrogens with zero attached hydrogens (tertiary/aromatic N) is 1. The molecule has 1 fully saturated rings. The Hall–Kier alpha value is -1.70. The highest BCUT2D eigenvalue weighted by atomic mass is 127. The molecule has 6 heteroatoms. The zero-order valence-corrected chi connectivity index (χ0v) is 15.9. The summed E-state index contributed by atoms with van der Waals surface area (Å²) in [7, 11) is 1.42. The molecule has 1 aromatic carbocycles. The number of carbonyl (C=O) groups is 1. The molecule has 0 bridgehead atoms. The number of carbonyl (C=O) groups excluding carboxylic acids is 1. The molecule has 0 amide bonds. The molecule has 25 heavy (non-hydrogen) atoms. The highest BCUT2D eigenvalue weighted by molar-refractivity contribution is 14.1. The minimum atomic E-state index is -0.153. The molecule has 3 atom stereocenters. The number of ether oxygens (including phenoxy) is 1. The van der Waals surface area contributed by atoms with Gasteiger partial charge in [-0.2, -0.15) is 0 Å². The van der Waals surface area contributed by atoms with Crippen molar-refractivity contribution >= 4 is 34.4 Å². The molecule has 2 aromatic rings. The number of hydrogen-bond donors (Lipinski definition) is 1. The van der Waals surface area contributed by atoms with Gasteiger partial charge in [-0.15, -0.1) is 0 Å². The Morgan fingerprint density at radius 1 is 1.36 bits per heavy atom. The van der Waals surface area contributed by atoms with Crippen molar-refractivity contribution in [2.45, 2.75) is 31.2 Å². The van der Waals surface area contributed by atoms with Crippen LogP contribution in [-0.2, 0) is 16.0 Å². The number of hydrogen-bond acceptors (Lipinski definition) is 4. The fourth-order valence-electron chi connectivity index (χ4n) is 3.68. The van der Waals surface area contributed by atoms with Gasteiger partial charge in [0.25, 0.3) is 0 Å². The van der Waals surface area contributed by atoms with Crippen LogP contribution in [0.1, 0.15) is 41.5 Å². The maximum absolute atomic E-state index is 14.2. The van der Waals surface area contributed by atoms with Crippen molar-refractivity contribution in [3.05, 3.63) is 56.5 Å². The first-order chi connectivity index (χ1) is 12.1. The predicted molar refractivity (Wildman–Crippen MR) is 101 cm³/mol. The van der Waals surface area contributed by atoms with E-state index in [4.69, 9.17) is 4.74 Å². The van der Waals surface area contributed by atoms with Crippen LogP contribution in [-0.4, -0.2) is 18.1 Å². The Labute approximate surface area is 159 Å². The smallest absolute Gasteiger partial charge is 0.309 e. The van der Waals surface area contributed by atoms with Gasteiger partial charge in [0, 0.05) is 15.3 Å². The van der Waals surface area contributed by atoms with E-state index in [9.17, 15) is 9.18 Å². The number of pyridine rings is 1. The van der Waals surface area contributed by atoms with Gasteiger partial charge in [0.05, 0.1) is 19.1 Å². The number of benzene rings is 1. The highest BCUT2D eigenvalue weighted by Gasteiger charge is 2.45. The lowest BCUT2D eigenvalue weighted by Crippen LogP contribution is -2.10. The summed E-state index contributed by atoms with van der Waals surface area (Å²) in [6.45, 7) is 0. The summed E-state index contributed by atoms with van der Waals surface area (Å²) in [6.07, 6.45) is 4.37. The van der Waals surface area contributed by atoms with Crippen LogP contribution in [0, 0.1) is 15.3 Å². The van der Waals surface area contributed by atoms with Crippen molar-refractivity contribution in [2.24, 2.45) is 5.92 Å². The van der Waals surface area contributed by atoms with Gasteiger partial charge in [0.2, 0.25) is 0 Å². The molecular weight excluding hydrogens is 434 g/mol. The van der Waals surface area contributed by atoms with E-state index in [1.54, 1.807) is 6.20 Å². The van der Waals surface area contributed by atoms with Crippen LogP contribution < -0.4 is 5.32 Å². The van der Waals surface area contributed by atoms with Gasteiger partial charge in [-0.1, -0.05) is 6.07 Å². The third kappa shape index (κ3) is 3.12. The first kappa shape index (κ1) is 16.8. The quantitative estimate of drug-likeness (QED) is 0.558. The minimum Gasteiger partial charge on any atom is -0.469 e. The molecule has 1 saturated carbocycles. The normalized spacial score (nSPS) is 23.9. The first-order valence-corrected chi connectivity index (χ1v) is 9.43. The molecule has 0 saturated heterocycles. The van der Waals surface area contributed by atoms with Crippen molar-refractivity contribution in [1.82, 2.24) is 4.98 Å².